The number of nitrogens with two attached hydrogens (primary N) is 1. The topological polar surface area (TPSA) is 72.5 Å². The van der Waals surface area contributed by atoms with Crippen LogP contribution in [-0.4, -0.2) is 22.9 Å². The van der Waals surface area contributed by atoms with E-state index in [1.165, 1.54) is 0 Å². The predicted molar refractivity (Wildman–Crippen MR) is 50.5 cm³/mol. The number of hydrogen-bond acceptors (Lipinski definition) is 3. The van der Waals surface area contributed by atoms with E-state index in [-0.39, 0.29) is 11.7 Å². The van der Waals surface area contributed by atoms with Crippen molar-refractivity contribution in [1.82, 2.24) is 0 Å². The molecule has 14 heavy (non-hydrogen) atoms. The van der Waals surface area contributed by atoms with Gasteiger partial charge < -0.3 is 15.6 Å². The number of rotatable bonds is 1. The molecule has 2 aliphatic rings. The highest BCUT2D eigenvalue weighted by Gasteiger charge is 2.48. The Balaban J connectivity index is 1.99. The van der Waals surface area contributed by atoms with Gasteiger partial charge in [-0.2, -0.15) is 0 Å². The lowest BCUT2D eigenvalue weighted by molar-refractivity contribution is 0.0259. The van der Waals surface area contributed by atoms with E-state index in [4.69, 9.17) is 10.5 Å². The number of aliphatic hydroxyl groups excluding tert-OH is 1. The fraction of sp³-hybridized carbons (Fsp3) is 0.900. The van der Waals surface area contributed by atoms with Gasteiger partial charge in [0, 0.05) is 0 Å². The summed E-state index contributed by atoms with van der Waals surface area (Å²) in [5.41, 5.74) is 4.64. The summed E-state index contributed by atoms with van der Waals surface area (Å²) in [6.07, 6.45) is 2.55. The molecule has 2 fully saturated rings. The number of carbonyl (C=O) groups excluding carboxylic acids is 1. The van der Waals surface area contributed by atoms with E-state index in [0.29, 0.717) is 11.8 Å². The standard InChI is InChI=1S/C10H17NO3/c1-10(14-9(11)13)4-6-2-8(12)3-7(6)5-10/h6-8,12H,2-5H2,1H3,(H2,11,13)/t6-,7+,8+,10-. The van der Waals surface area contributed by atoms with Crippen LogP contribution in [0.2, 0.25) is 0 Å². The number of hydrogen-bond donors (Lipinski definition) is 2. The number of fused-ring (bicyclic) bond motifs is 1. The van der Waals surface area contributed by atoms with E-state index < -0.39 is 6.09 Å². The van der Waals surface area contributed by atoms with Crippen LogP contribution in [0.4, 0.5) is 4.79 Å². The molecule has 0 aromatic heterocycles. The number of aliphatic hydroxyl groups is 1. The maximum absolute atomic E-state index is 10.7. The zero-order valence-electron chi connectivity index (χ0n) is 8.40. The predicted octanol–water partition coefficient (Wildman–Crippen LogP) is 1.02. The molecule has 0 aliphatic heterocycles. The minimum absolute atomic E-state index is 0.150. The zero-order valence-corrected chi connectivity index (χ0v) is 8.40. The molecule has 4 nitrogen and oxygen atoms in total. The fourth-order valence-electron chi connectivity index (χ4n) is 3.20. The Bertz CT molecular complexity index is 240. The zero-order chi connectivity index (χ0) is 10.3. The summed E-state index contributed by atoms with van der Waals surface area (Å²) >= 11 is 0. The van der Waals surface area contributed by atoms with Gasteiger partial charge in [-0.3, -0.25) is 0 Å². The van der Waals surface area contributed by atoms with Gasteiger partial charge in [0.05, 0.1) is 6.10 Å². The Hall–Kier alpha value is -0.770. The first-order valence-electron chi connectivity index (χ1n) is 5.15. The number of amides is 1. The minimum Gasteiger partial charge on any atom is -0.443 e. The molecule has 0 aromatic rings. The monoisotopic (exact) mass is 199 g/mol. The van der Waals surface area contributed by atoms with Crippen LogP contribution in [0.15, 0.2) is 0 Å². The summed E-state index contributed by atoms with van der Waals surface area (Å²) in [5.74, 6) is 1.02. The smallest absolute Gasteiger partial charge is 0.405 e. The van der Waals surface area contributed by atoms with E-state index >= 15 is 0 Å². The van der Waals surface area contributed by atoms with Crippen molar-refractivity contribution in [3.8, 4) is 0 Å². The average Bonchev–Trinajstić information content (AvgIpc) is 2.38. The van der Waals surface area contributed by atoms with Crippen molar-refractivity contribution in [1.29, 1.82) is 0 Å². The van der Waals surface area contributed by atoms with Crippen molar-refractivity contribution >= 4 is 6.09 Å². The van der Waals surface area contributed by atoms with E-state index in [9.17, 15) is 9.90 Å². The molecule has 4 heteroatoms. The molecule has 0 unspecified atom stereocenters. The van der Waals surface area contributed by atoms with E-state index in [0.717, 1.165) is 25.7 Å². The van der Waals surface area contributed by atoms with Crippen LogP contribution in [0.3, 0.4) is 0 Å². The normalized spacial score (nSPS) is 46.3. The summed E-state index contributed by atoms with van der Waals surface area (Å²) in [6, 6.07) is 0. The molecule has 0 heterocycles. The fourth-order valence-corrected chi connectivity index (χ4v) is 3.20. The Labute approximate surface area is 83.4 Å². The third kappa shape index (κ3) is 1.71. The molecule has 2 saturated carbocycles. The molecule has 2 rings (SSSR count). The van der Waals surface area contributed by atoms with Gasteiger partial charge in [-0.15, -0.1) is 0 Å². The van der Waals surface area contributed by atoms with Gasteiger partial charge >= 0.3 is 6.09 Å². The summed E-state index contributed by atoms with van der Waals surface area (Å²) in [6.45, 7) is 1.93. The lowest BCUT2D eigenvalue weighted by Gasteiger charge is -2.24. The summed E-state index contributed by atoms with van der Waals surface area (Å²) in [5, 5.41) is 9.45. The molecular formula is C10H17NO3. The van der Waals surface area contributed by atoms with Gasteiger partial charge in [0.2, 0.25) is 0 Å². The lowest BCUT2D eigenvalue weighted by atomic mass is 10.00. The van der Waals surface area contributed by atoms with Gasteiger partial charge in [0.25, 0.3) is 0 Å². The highest BCUT2D eigenvalue weighted by Crippen LogP contribution is 2.49. The molecule has 3 N–H and O–H groups in total. The van der Waals surface area contributed by atoms with Crippen molar-refractivity contribution in [2.45, 2.75) is 44.3 Å². The summed E-state index contributed by atoms with van der Waals surface area (Å²) < 4.78 is 5.13. The van der Waals surface area contributed by atoms with Crippen molar-refractivity contribution in [2.24, 2.45) is 17.6 Å². The molecule has 4 atom stereocenters. The second-order valence-corrected chi connectivity index (χ2v) is 4.92. The van der Waals surface area contributed by atoms with Crippen LogP contribution in [-0.2, 0) is 4.74 Å². The van der Waals surface area contributed by atoms with E-state index in [1.54, 1.807) is 0 Å². The quantitative estimate of drug-likeness (QED) is 0.662. The van der Waals surface area contributed by atoms with Gasteiger partial charge in [0.15, 0.2) is 0 Å². The molecule has 2 aliphatic carbocycles. The van der Waals surface area contributed by atoms with Crippen molar-refractivity contribution < 1.29 is 14.6 Å². The summed E-state index contributed by atoms with van der Waals surface area (Å²) in [7, 11) is 0. The first kappa shape index (κ1) is 9.77. The second kappa shape index (κ2) is 3.12. The van der Waals surface area contributed by atoms with Crippen LogP contribution in [0, 0.1) is 11.8 Å². The van der Waals surface area contributed by atoms with Crippen molar-refractivity contribution in [2.75, 3.05) is 0 Å². The number of ether oxygens (including phenoxy) is 1. The SMILES string of the molecule is C[C@@]1(OC(N)=O)C[C@H]2C[C@H](O)C[C@H]2C1. The number of primary amides is 1. The van der Waals surface area contributed by atoms with Gasteiger partial charge in [-0.1, -0.05) is 0 Å². The van der Waals surface area contributed by atoms with Gasteiger partial charge in [0.1, 0.15) is 5.60 Å². The average molecular weight is 199 g/mol. The van der Waals surface area contributed by atoms with E-state index in [1.807, 2.05) is 6.92 Å². The maximum atomic E-state index is 10.7. The molecule has 0 bridgehead atoms. The Kier molecular flexibility index (Phi) is 2.18. The van der Waals surface area contributed by atoms with Crippen molar-refractivity contribution in [3.63, 3.8) is 0 Å². The largest absolute Gasteiger partial charge is 0.443 e. The maximum Gasteiger partial charge on any atom is 0.405 e. The van der Waals surface area contributed by atoms with Crippen LogP contribution in [0.25, 0.3) is 0 Å². The van der Waals surface area contributed by atoms with Crippen LogP contribution < -0.4 is 5.73 Å². The van der Waals surface area contributed by atoms with Gasteiger partial charge in [-0.25, -0.2) is 4.79 Å². The Morgan fingerprint density at radius 3 is 2.36 bits per heavy atom. The molecule has 0 aromatic carbocycles. The first-order chi connectivity index (χ1) is 6.48. The molecule has 80 valence electrons. The Morgan fingerprint density at radius 2 is 1.93 bits per heavy atom. The summed E-state index contributed by atoms with van der Waals surface area (Å²) in [4.78, 5) is 10.7. The van der Waals surface area contributed by atoms with E-state index in [2.05, 4.69) is 0 Å². The van der Waals surface area contributed by atoms with Crippen LogP contribution in [0.5, 0.6) is 0 Å². The molecule has 0 saturated heterocycles. The third-order valence-electron chi connectivity index (χ3n) is 3.55. The molecule has 0 radical (unpaired) electrons. The van der Waals surface area contributed by atoms with Gasteiger partial charge in [-0.05, 0) is 44.4 Å². The highest BCUT2D eigenvalue weighted by atomic mass is 16.6. The Morgan fingerprint density at radius 1 is 1.43 bits per heavy atom. The minimum atomic E-state index is -0.687. The highest BCUT2D eigenvalue weighted by molar-refractivity contribution is 5.65. The second-order valence-electron chi connectivity index (χ2n) is 4.92. The molecule has 0 spiro atoms. The third-order valence-corrected chi connectivity index (χ3v) is 3.55. The number of carbonyl (C=O) groups is 1. The van der Waals surface area contributed by atoms with Crippen LogP contribution >= 0.6 is 0 Å². The molecule has 1 amide bonds. The molecular weight excluding hydrogens is 182 g/mol. The van der Waals surface area contributed by atoms with Crippen molar-refractivity contribution in [3.05, 3.63) is 0 Å². The lowest BCUT2D eigenvalue weighted by Crippen LogP contribution is -2.32. The van der Waals surface area contributed by atoms with Crippen LogP contribution in [0.1, 0.15) is 32.6 Å². The first-order valence-corrected chi connectivity index (χ1v) is 5.15.